The molecule has 0 aromatic carbocycles. The van der Waals surface area contributed by atoms with Crippen molar-refractivity contribution in [2.24, 2.45) is 23.7 Å². The van der Waals surface area contributed by atoms with Crippen LogP contribution in [0.1, 0.15) is 20.3 Å². The molecule has 1 N–H and O–H groups in total. The van der Waals surface area contributed by atoms with Gasteiger partial charge in [-0.1, -0.05) is 12.2 Å². The molecule has 0 aliphatic heterocycles. The first-order chi connectivity index (χ1) is 9.51. The molecule has 5 nitrogen and oxygen atoms in total. The molecule has 2 rings (SSSR count). The number of carbonyl (C=O) groups is 2. The van der Waals surface area contributed by atoms with Crippen LogP contribution < -0.4 is 0 Å². The summed E-state index contributed by atoms with van der Waals surface area (Å²) in [7, 11) is 1.61. The number of allylic oxidation sites excluding steroid dienone is 2. The van der Waals surface area contributed by atoms with Gasteiger partial charge in [0.2, 0.25) is 5.91 Å². The average molecular weight is 281 g/mol. The standard InChI is InChI=1S/C15H23NO4/c1-4-16(9(2)8-20-3)14(17)12-10-5-6-11(7-10)13(12)15(18)19/h5-6,9-13H,4,7-8H2,1-3H3,(H,18,19). The Labute approximate surface area is 119 Å². The van der Waals surface area contributed by atoms with Crippen molar-refractivity contribution < 1.29 is 19.4 Å². The maximum absolute atomic E-state index is 12.8. The minimum atomic E-state index is -0.851. The lowest BCUT2D eigenvalue weighted by molar-refractivity contribution is -0.152. The van der Waals surface area contributed by atoms with Crippen LogP contribution in [0.4, 0.5) is 0 Å². The Bertz CT molecular complexity index is 420. The first-order valence-corrected chi connectivity index (χ1v) is 7.21. The van der Waals surface area contributed by atoms with Crippen LogP contribution in [0.3, 0.4) is 0 Å². The average Bonchev–Trinajstić information content (AvgIpc) is 2.99. The monoisotopic (exact) mass is 281 g/mol. The fourth-order valence-electron chi connectivity index (χ4n) is 3.70. The minimum Gasteiger partial charge on any atom is -0.481 e. The molecule has 2 aliphatic rings. The Hall–Kier alpha value is -1.36. The lowest BCUT2D eigenvalue weighted by Gasteiger charge is -2.33. The molecule has 20 heavy (non-hydrogen) atoms. The number of rotatable bonds is 6. The first kappa shape index (κ1) is 15.0. The van der Waals surface area contributed by atoms with E-state index in [4.69, 9.17) is 4.74 Å². The van der Waals surface area contributed by atoms with Crippen molar-refractivity contribution in [3.63, 3.8) is 0 Å². The summed E-state index contributed by atoms with van der Waals surface area (Å²) in [6.45, 7) is 4.90. The number of hydrogen-bond donors (Lipinski definition) is 1. The van der Waals surface area contributed by atoms with E-state index in [0.29, 0.717) is 13.2 Å². The first-order valence-electron chi connectivity index (χ1n) is 7.21. The molecule has 112 valence electrons. The SMILES string of the molecule is CCN(C(=O)C1C2C=CC(C2)C1C(=O)O)C(C)COC. The molecule has 0 saturated heterocycles. The van der Waals surface area contributed by atoms with Gasteiger partial charge < -0.3 is 14.7 Å². The lowest BCUT2D eigenvalue weighted by Crippen LogP contribution is -2.47. The maximum Gasteiger partial charge on any atom is 0.307 e. The van der Waals surface area contributed by atoms with Crippen LogP contribution in [-0.2, 0) is 14.3 Å². The Morgan fingerprint density at radius 2 is 1.95 bits per heavy atom. The highest BCUT2D eigenvalue weighted by molar-refractivity contribution is 5.87. The van der Waals surface area contributed by atoms with E-state index in [0.717, 1.165) is 6.42 Å². The van der Waals surface area contributed by atoms with Crippen molar-refractivity contribution >= 4 is 11.9 Å². The summed E-state index contributed by atoms with van der Waals surface area (Å²) in [5.74, 6) is -1.78. The van der Waals surface area contributed by atoms with Crippen molar-refractivity contribution in [1.29, 1.82) is 0 Å². The molecular formula is C15H23NO4. The smallest absolute Gasteiger partial charge is 0.307 e. The summed E-state index contributed by atoms with van der Waals surface area (Å²) in [5.41, 5.74) is 0. The number of likely N-dealkylation sites (N-methyl/N-ethyl adjacent to an activating group) is 1. The Kier molecular flexibility index (Phi) is 4.48. The summed E-state index contributed by atoms with van der Waals surface area (Å²) in [4.78, 5) is 26.0. The molecule has 5 unspecified atom stereocenters. The van der Waals surface area contributed by atoms with Crippen molar-refractivity contribution in [1.82, 2.24) is 4.90 Å². The Morgan fingerprint density at radius 3 is 2.45 bits per heavy atom. The van der Waals surface area contributed by atoms with Crippen LogP contribution in [0, 0.1) is 23.7 Å². The van der Waals surface area contributed by atoms with E-state index in [2.05, 4.69) is 0 Å². The van der Waals surface area contributed by atoms with Gasteiger partial charge in [0.1, 0.15) is 0 Å². The zero-order chi connectivity index (χ0) is 14.9. The fourth-order valence-corrected chi connectivity index (χ4v) is 3.70. The summed E-state index contributed by atoms with van der Waals surface area (Å²) in [6.07, 6.45) is 4.77. The zero-order valence-electron chi connectivity index (χ0n) is 12.3. The number of carboxylic acids is 1. The summed E-state index contributed by atoms with van der Waals surface area (Å²) < 4.78 is 5.11. The Balaban J connectivity index is 2.18. The van der Waals surface area contributed by atoms with Crippen LogP contribution in [0.5, 0.6) is 0 Å². The normalized spacial score (nSPS) is 32.4. The number of carboxylic acid groups (broad SMARTS) is 1. The number of hydrogen-bond acceptors (Lipinski definition) is 3. The van der Waals surface area contributed by atoms with Crippen LogP contribution in [0.25, 0.3) is 0 Å². The third-order valence-electron chi connectivity index (χ3n) is 4.59. The van der Waals surface area contributed by atoms with E-state index >= 15 is 0 Å². The Morgan fingerprint density at radius 1 is 1.35 bits per heavy atom. The van der Waals surface area contributed by atoms with Gasteiger partial charge in [-0.05, 0) is 32.1 Å². The molecule has 5 atom stereocenters. The second-order valence-electron chi connectivity index (χ2n) is 5.77. The van der Waals surface area contributed by atoms with E-state index in [1.165, 1.54) is 0 Å². The van der Waals surface area contributed by atoms with Gasteiger partial charge in [-0.25, -0.2) is 0 Å². The van der Waals surface area contributed by atoms with Crippen molar-refractivity contribution in [3.8, 4) is 0 Å². The fraction of sp³-hybridized carbons (Fsp3) is 0.733. The van der Waals surface area contributed by atoms with E-state index in [9.17, 15) is 14.7 Å². The van der Waals surface area contributed by atoms with Gasteiger partial charge in [-0.2, -0.15) is 0 Å². The van der Waals surface area contributed by atoms with Gasteiger partial charge in [0, 0.05) is 13.7 Å². The summed E-state index contributed by atoms with van der Waals surface area (Å²) in [6, 6.07) is -0.0324. The van der Waals surface area contributed by atoms with Crippen LogP contribution >= 0.6 is 0 Å². The molecule has 0 aromatic heterocycles. The highest BCUT2D eigenvalue weighted by atomic mass is 16.5. The van der Waals surface area contributed by atoms with Crippen molar-refractivity contribution in [2.75, 3.05) is 20.3 Å². The molecule has 0 heterocycles. The van der Waals surface area contributed by atoms with E-state index < -0.39 is 17.8 Å². The number of fused-ring (bicyclic) bond motifs is 2. The van der Waals surface area contributed by atoms with Gasteiger partial charge in [0.25, 0.3) is 0 Å². The number of ether oxygens (including phenoxy) is 1. The molecule has 2 aliphatic carbocycles. The second kappa shape index (κ2) is 5.95. The van der Waals surface area contributed by atoms with E-state index in [-0.39, 0.29) is 23.8 Å². The van der Waals surface area contributed by atoms with E-state index in [1.807, 2.05) is 26.0 Å². The summed E-state index contributed by atoms with van der Waals surface area (Å²) in [5, 5.41) is 9.42. The lowest BCUT2D eigenvalue weighted by atomic mass is 9.82. The molecule has 0 aromatic rings. The molecular weight excluding hydrogens is 258 g/mol. The molecule has 0 spiro atoms. The third kappa shape index (κ3) is 2.46. The van der Waals surface area contributed by atoms with Crippen LogP contribution in [0.2, 0.25) is 0 Å². The van der Waals surface area contributed by atoms with Crippen LogP contribution in [-0.4, -0.2) is 48.2 Å². The number of carbonyl (C=O) groups excluding carboxylic acids is 1. The molecule has 1 fully saturated rings. The van der Waals surface area contributed by atoms with Gasteiger partial charge in [0.05, 0.1) is 24.5 Å². The quantitative estimate of drug-likeness (QED) is 0.747. The molecule has 2 bridgehead atoms. The van der Waals surface area contributed by atoms with Gasteiger partial charge in [0.15, 0.2) is 0 Å². The van der Waals surface area contributed by atoms with Crippen LogP contribution in [0.15, 0.2) is 12.2 Å². The number of amides is 1. The molecule has 5 heteroatoms. The van der Waals surface area contributed by atoms with E-state index in [1.54, 1.807) is 12.0 Å². The van der Waals surface area contributed by atoms with Crippen molar-refractivity contribution in [2.45, 2.75) is 26.3 Å². The number of methoxy groups -OCH3 is 1. The third-order valence-corrected chi connectivity index (χ3v) is 4.59. The van der Waals surface area contributed by atoms with Gasteiger partial charge in [-0.3, -0.25) is 9.59 Å². The van der Waals surface area contributed by atoms with Gasteiger partial charge >= 0.3 is 5.97 Å². The maximum atomic E-state index is 12.8. The number of nitrogens with zero attached hydrogens (tertiary/aromatic N) is 1. The topological polar surface area (TPSA) is 66.8 Å². The zero-order valence-corrected chi connectivity index (χ0v) is 12.3. The highest BCUT2D eigenvalue weighted by Crippen LogP contribution is 2.48. The highest BCUT2D eigenvalue weighted by Gasteiger charge is 2.52. The molecule has 0 radical (unpaired) electrons. The summed E-state index contributed by atoms with van der Waals surface area (Å²) >= 11 is 0. The predicted octanol–water partition coefficient (Wildman–Crippen LogP) is 1.39. The van der Waals surface area contributed by atoms with Crippen molar-refractivity contribution in [3.05, 3.63) is 12.2 Å². The number of aliphatic carboxylic acids is 1. The largest absolute Gasteiger partial charge is 0.481 e. The molecule has 1 amide bonds. The molecule has 1 saturated carbocycles. The predicted molar refractivity (Wildman–Crippen MR) is 74.1 cm³/mol. The minimum absolute atomic E-state index is 0.0166. The second-order valence-corrected chi connectivity index (χ2v) is 5.77. The van der Waals surface area contributed by atoms with Gasteiger partial charge in [-0.15, -0.1) is 0 Å².